The topological polar surface area (TPSA) is 77.0 Å². The van der Waals surface area contributed by atoms with Crippen LogP contribution in [0.5, 0.6) is 0 Å². The lowest BCUT2D eigenvalue weighted by Gasteiger charge is -2.20. The van der Waals surface area contributed by atoms with E-state index in [0.29, 0.717) is 22.0 Å². The molecule has 0 amide bonds. The van der Waals surface area contributed by atoms with E-state index in [0.717, 1.165) is 5.56 Å². The molecular formula is C13H14ClFN4. The van der Waals surface area contributed by atoms with Gasteiger partial charge in [-0.1, -0.05) is 17.7 Å². The molecule has 1 unspecified atom stereocenters. The van der Waals surface area contributed by atoms with Gasteiger partial charge in [-0.05, 0) is 36.2 Å². The maximum absolute atomic E-state index is 13.4. The molecule has 0 radical (unpaired) electrons. The predicted molar refractivity (Wildman–Crippen MR) is 74.0 cm³/mol. The molecule has 1 aromatic carbocycles. The van der Waals surface area contributed by atoms with Gasteiger partial charge in [-0.3, -0.25) is 5.84 Å². The largest absolute Gasteiger partial charge is 0.383 e. The van der Waals surface area contributed by atoms with E-state index >= 15 is 0 Å². The molecule has 0 aliphatic heterocycles. The minimum absolute atomic E-state index is 0.302. The predicted octanol–water partition coefficient (Wildman–Crippen LogP) is 2.32. The monoisotopic (exact) mass is 280 g/mol. The van der Waals surface area contributed by atoms with E-state index in [1.54, 1.807) is 12.1 Å². The van der Waals surface area contributed by atoms with Gasteiger partial charge >= 0.3 is 0 Å². The number of nitrogen functional groups attached to an aromatic ring is 1. The molecule has 0 saturated heterocycles. The fourth-order valence-corrected chi connectivity index (χ4v) is 2.13. The van der Waals surface area contributed by atoms with Gasteiger partial charge in [0, 0.05) is 11.8 Å². The van der Waals surface area contributed by atoms with Crippen LogP contribution in [0.4, 0.5) is 10.2 Å². The van der Waals surface area contributed by atoms with Crippen molar-refractivity contribution in [1.29, 1.82) is 0 Å². The van der Waals surface area contributed by atoms with Crippen molar-refractivity contribution in [3.8, 4) is 0 Å². The molecule has 19 heavy (non-hydrogen) atoms. The van der Waals surface area contributed by atoms with Crippen LogP contribution in [-0.4, -0.2) is 4.98 Å². The summed E-state index contributed by atoms with van der Waals surface area (Å²) < 4.78 is 13.4. The summed E-state index contributed by atoms with van der Waals surface area (Å²) in [4.78, 5) is 3.98. The van der Waals surface area contributed by atoms with Crippen molar-refractivity contribution in [2.75, 3.05) is 5.73 Å². The first-order valence-corrected chi connectivity index (χ1v) is 6.04. The second kappa shape index (κ2) is 5.52. The van der Waals surface area contributed by atoms with Crippen molar-refractivity contribution >= 4 is 17.4 Å². The highest BCUT2D eigenvalue weighted by atomic mass is 35.5. The van der Waals surface area contributed by atoms with E-state index < -0.39 is 6.04 Å². The van der Waals surface area contributed by atoms with Crippen molar-refractivity contribution in [3.63, 3.8) is 0 Å². The SMILES string of the molecule is Cc1ccc(F)cc1C(NN)c1cc(Cl)cnc1N. The van der Waals surface area contributed by atoms with Crippen molar-refractivity contribution in [1.82, 2.24) is 10.4 Å². The number of hydrogen-bond donors (Lipinski definition) is 3. The summed E-state index contributed by atoms with van der Waals surface area (Å²) in [6.07, 6.45) is 1.45. The van der Waals surface area contributed by atoms with Gasteiger partial charge in [0.2, 0.25) is 0 Å². The number of nitrogens with zero attached hydrogens (tertiary/aromatic N) is 1. The number of hydrazine groups is 1. The number of hydrogen-bond acceptors (Lipinski definition) is 4. The first kappa shape index (κ1) is 13.7. The Morgan fingerprint density at radius 2 is 2.05 bits per heavy atom. The summed E-state index contributed by atoms with van der Waals surface area (Å²) in [5, 5.41) is 0.443. The maximum atomic E-state index is 13.4. The average molecular weight is 281 g/mol. The van der Waals surface area contributed by atoms with Crippen LogP contribution in [0.15, 0.2) is 30.5 Å². The summed E-state index contributed by atoms with van der Waals surface area (Å²) >= 11 is 5.92. The Morgan fingerprint density at radius 1 is 1.32 bits per heavy atom. The number of aromatic nitrogens is 1. The molecule has 2 aromatic rings. The zero-order chi connectivity index (χ0) is 14.0. The van der Waals surface area contributed by atoms with Crippen molar-refractivity contribution in [2.45, 2.75) is 13.0 Å². The van der Waals surface area contributed by atoms with E-state index in [1.807, 2.05) is 6.92 Å². The molecule has 0 spiro atoms. The highest BCUT2D eigenvalue weighted by Gasteiger charge is 2.19. The number of pyridine rings is 1. The van der Waals surface area contributed by atoms with Gasteiger partial charge in [0.15, 0.2) is 0 Å². The standard InChI is InChI=1S/C13H14ClFN4/c1-7-2-3-9(15)5-10(7)12(19-17)11-4-8(14)6-18-13(11)16/h2-6,12,19H,17H2,1H3,(H2,16,18). The molecule has 1 heterocycles. The van der Waals surface area contributed by atoms with Crippen LogP contribution in [0.1, 0.15) is 22.7 Å². The summed E-state index contributed by atoms with van der Waals surface area (Å²) in [7, 11) is 0. The minimum Gasteiger partial charge on any atom is -0.383 e. The normalized spacial score (nSPS) is 12.4. The molecule has 2 rings (SSSR count). The Balaban J connectivity index is 2.55. The molecule has 5 N–H and O–H groups in total. The molecule has 6 heteroatoms. The number of nitrogens with two attached hydrogens (primary N) is 2. The Labute approximate surface area is 115 Å². The number of aryl methyl sites for hydroxylation is 1. The fraction of sp³-hybridized carbons (Fsp3) is 0.154. The number of halogens is 2. The average Bonchev–Trinajstić information content (AvgIpc) is 2.38. The van der Waals surface area contributed by atoms with E-state index in [4.69, 9.17) is 23.2 Å². The Kier molecular flexibility index (Phi) is 3.99. The van der Waals surface area contributed by atoms with Gasteiger partial charge in [0.25, 0.3) is 0 Å². The summed E-state index contributed by atoms with van der Waals surface area (Å²) in [6, 6.07) is 5.69. The lowest BCUT2D eigenvalue weighted by molar-refractivity contribution is 0.602. The zero-order valence-electron chi connectivity index (χ0n) is 10.3. The molecule has 0 aliphatic rings. The maximum Gasteiger partial charge on any atom is 0.128 e. The third-order valence-electron chi connectivity index (χ3n) is 2.95. The molecule has 0 saturated carbocycles. The molecule has 0 aliphatic carbocycles. The van der Waals surface area contributed by atoms with Gasteiger partial charge in [-0.2, -0.15) is 0 Å². The molecule has 1 aromatic heterocycles. The zero-order valence-corrected chi connectivity index (χ0v) is 11.1. The lowest BCUT2D eigenvalue weighted by atomic mass is 9.96. The Hall–Kier alpha value is -1.69. The quantitative estimate of drug-likeness (QED) is 0.596. The molecular weight excluding hydrogens is 267 g/mol. The van der Waals surface area contributed by atoms with Crippen molar-refractivity contribution in [2.24, 2.45) is 5.84 Å². The number of rotatable bonds is 3. The van der Waals surface area contributed by atoms with Crippen LogP contribution >= 0.6 is 11.6 Å². The molecule has 100 valence electrons. The van der Waals surface area contributed by atoms with E-state index in [9.17, 15) is 4.39 Å². The fourth-order valence-electron chi connectivity index (χ4n) is 1.97. The summed E-state index contributed by atoms with van der Waals surface area (Å²) in [5.41, 5.74) is 10.7. The highest BCUT2D eigenvalue weighted by Crippen LogP contribution is 2.29. The van der Waals surface area contributed by atoms with Gasteiger partial charge in [-0.15, -0.1) is 0 Å². The van der Waals surface area contributed by atoms with Crippen LogP contribution < -0.4 is 17.0 Å². The third-order valence-corrected chi connectivity index (χ3v) is 3.15. The Bertz CT molecular complexity index is 552. The van der Waals surface area contributed by atoms with Gasteiger partial charge in [0.1, 0.15) is 11.6 Å². The Morgan fingerprint density at radius 3 is 2.74 bits per heavy atom. The van der Waals surface area contributed by atoms with Crippen LogP contribution in [0, 0.1) is 12.7 Å². The van der Waals surface area contributed by atoms with Gasteiger partial charge < -0.3 is 5.73 Å². The summed E-state index contributed by atoms with van der Waals surface area (Å²) in [5.74, 6) is 5.54. The van der Waals surface area contributed by atoms with Crippen LogP contribution in [0.3, 0.4) is 0 Å². The number of nitrogens with one attached hydrogen (secondary N) is 1. The third kappa shape index (κ3) is 2.84. The van der Waals surface area contributed by atoms with Gasteiger partial charge in [0.05, 0.1) is 11.1 Å². The highest BCUT2D eigenvalue weighted by molar-refractivity contribution is 6.30. The molecule has 1 atom stereocenters. The molecule has 0 fully saturated rings. The number of benzene rings is 1. The van der Waals surface area contributed by atoms with Crippen molar-refractivity contribution in [3.05, 3.63) is 58.0 Å². The number of anilines is 1. The van der Waals surface area contributed by atoms with Crippen molar-refractivity contribution < 1.29 is 4.39 Å². The van der Waals surface area contributed by atoms with E-state index in [1.165, 1.54) is 18.3 Å². The second-order valence-corrected chi connectivity index (χ2v) is 4.67. The summed E-state index contributed by atoms with van der Waals surface area (Å²) in [6.45, 7) is 1.87. The molecule has 0 bridgehead atoms. The first-order chi connectivity index (χ1) is 9.02. The van der Waals surface area contributed by atoms with Crippen LogP contribution in [-0.2, 0) is 0 Å². The molecule has 4 nitrogen and oxygen atoms in total. The van der Waals surface area contributed by atoms with Gasteiger partial charge in [-0.25, -0.2) is 14.8 Å². The smallest absolute Gasteiger partial charge is 0.128 e. The first-order valence-electron chi connectivity index (χ1n) is 5.66. The minimum atomic E-state index is -0.470. The second-order valence-electron chi connectivity index (χ2n) is 4.23. The van der Waals surface area contributed by atoms with Crippen LogP contribution in [0.2, 0.25) is 5.02 Å². The van der Waals surface area contributed by atoms with E-state index in [2.05, 4.69) is 10.4 Å². The lowest BCUT2D eigenvalue weighted by Crippen LogP contribution is -2.30. The van der Waals surface area contributed by atoms with E-state index in [-0.39, 0.29) is 5.82 Å². The van der Waals surface area contributed by atoms with Crippen LogP contribution in [0.25, 0.3) is 0 Å².